The summed E-state index contributed by atoms with van der Waals surface area (Å²) in [6.45, 7) is 2.93. The van der Waals surface area contributed by atoms with Crippen LogP contribution in [-0.4, -0.2) is 45.0 Å². The predicted molar refractivity (Wildman–Crippen MR) is 133 cm³/mol. The molecule has 4 heterocycles. The lowest BCUT2D eigenvalue weighted by atomic mass is 9.82. The van der Waals surface area contributed by atoms with E-state index in [0.717, 1.165) is 0 Å². The lowest BCUT2D eigenvalue weighted by molar-refractivity contribution is -0.123. The molecule has 0 spiro atoms. The lowest BCUT2D eigenvalue weighted by Crippen LogP contribution is -2.41. The molecule has 1 aromatic carbocycles. The van der Waals surface area contributed by atoms with Crippen LogP contribution < -0.4 is 15.8 Å². The first kappa shape index (κ1) is 24.3. The van der Waals surface area contributed by atoms with Crippen molar-refractivity contribution in [1.82, 2.24) is 20.3 Å². The van der Waals surface area contributed by atoms with E-state index in [1.165, 1.54) is 31.2 Å². The van der Waals surface area contributed by atoms with Crippen LogP contribution in [0.1, 0.15) is 35.6 Å². The average molecular weight is 502 g/mol. The van der Waals surface area contributed by atoms with E-state index in [9.17, 15) is 19.1 Å². The highest BCUT2D eigenvalue weighted by atomic mass is 19.1. The molecule has 10 heteroatoms. The molecule has 0 unspecified atom stereocenters. The number of halogens is 1. The minimum atomic E-state index is -1.65. The van der Waals surface area contributed by atoms with Gasteiger partial charge in [-0.2, -0.15) is 0 Å². The van der Waals surface area contributed by atoms with E-state index in [1.807, 2.05) is 0 Å². The van der Waals surface area contributed by atoms with E-state index in [0.29, 0.717) is 33.6 Å². The smallest absolute Gasteiger partial charge is 0.270 e. The Hall–Kier alpha value is -4.44. The third-order valence-corrected chi connectivity index (χ3v) is 6.57. The fraction of sp³-hybridized carbons (Fsp3) is 0.222. The van der Waals surface area contributed by atoms with Crippen LogP contribution in [0.4, 0.5) is 4.39 Å². The van der Waals surface area contributed by atoms with Crippen LogP contribution in [0.5, 0.6) is 5.75 Å². The van der Waals surface area contributed by atoms with Gasteiger partial charge in [-0.15, -0.1) is 0 Å². The highest BCUT2D eigenvalue weighted by molar-refractivity contribution is 5.94. The topological polar surface area (TPSA) is 140 Å². The summed E-state index contributed by atoms with van der Waals surface area (Å²) in [6, 6.07) is 13.9. The number of nitrogens with one attached hydrogen (secondary N) is 1. The maximum absolute atomic E-state index is 13.6. The number of benzene rings is 1. The van der Waals surface area contributed by atoms with Crippen molar-refractivity contribution in [3.63, 3.8) is 0 Å². The van der Waals surface area contributed by atoms with Gasteiger partial charge in [0.2, 0.25) is 5.91 Å². The molecule has 1 aliphatic rings. The number of nitrogens with zero attached hydrogens (tertiary/aromatic N) is 3. The second-order valence-electron chi connectivity index (χ2n) is 9.42. The summed E-state index contributed by atoms with van der Waals surface area (Å²) >= 11 is 0. The molecule has 1 aliphatic heterocycles. The van der Waals surface area contributed by atoms with Crippen LogP contribution in [0.25, 0.3) is 22.3 Å². The molecule has 3 aromatic heterocycles. The Morgan fingerprint density at radius 3 is 2.65 bits per heavy atom. The first-order valence-electron chi connectivity index (χ1n) is 11.6. The first-order chi connectivity index (χ1) is 17.6. The predicted octanol–water partition coefficient (Wildman–Crippen LogP) is 2.60. The molecule has 0 saturated heterocycles. The highest BCUT2D eigenvalue weighted by Crippen LogP contribution is 2.45. The number of nitrogens with two attached hydrogens (primary N) is 1. The van der Waals surface area contributed by atoms with E-state index >= 15 is 0 Å². The molecule has 0 fully saturated rings. The largest absolute Gasteiger partial charge is 0.489 e. The summed E-state index contributed by atoms with van der Waals surface area (Å²) in [4.78, 5) is 38.3. The number of ether oxygens (including phenoxy) is 1. The van der Waals surface area contributed by atoms with E-state index in [-0.39, 0.29) is 24.5 Å². The summed E-state index contributed by atoms with van der Waals surface area (Å²) in [5.41, 5.74) is 5.76. The van der Waals surface area contributed by atoms with Gasteiger partial charge in [0, 0.05) is 17.3 Å². The van der Waals surface area contributed by atoms with E-state index in [2.05, 4.69) is 20.3 Å². The van der Waals surface area contributed by atoms with Crippen LogP contribution in [0.2, 0.25) is 0 Å². The molecule has 2 amide bonds. The van der Waals surface area contributed by atoms with Gasteiger partial charge in [-0.3, -0.25) is 14.6 Å². The van der Waals surface area contributed by atoms with Crippen LogP contribution >= 0.6 is 0 Å². The van der Waals surface area contributed by atoms with Gasteiger partial charge < -0.3 is 20.9 Å². The zero-order chi connectivity index (χ0) is 26.4. The van der Waals surface area contributed by atoms with Gasteiger partial charge in [0.15, 0.2) is 0 Å². The zero-order valence-electron chi connectivity index (χ0n) is 20.2. The number of fused-ring (bicyclic) bond motifs is 2. The number of rotatable bonds is 6. The molecule has 0 bridgehead atoms. The normalized spacial score (nSPS) is 18.1. The molecule has 5 rings (SSSR count). The highest BCUT2D eigenvalue weighted by Gasteiger charge is 2.45. The van der Waals surface area contributed by atoms with Crippen molar-refractivity contribution in [1.29, 1.82) is 0 Å². The summed E-state index contributed by atoms with van der Waals surface area (Å²) < 4.78 is 19.4. The Labute approximate surface area is 211 Å². The van der Waals surface area contributed by atoms with E-state index in [1.54, 1.807) is 43.5 Å². The standard InChI is InChI=1S/C27H24FN5O4/c1-26(25(29)35)14-37-23-17(26)12-21(33-22(23)15-5-7-16(28)8-6-15)27(2,36)13-31-24(34)20-10-9-18-19(32-20)4-3-11-30-18/h3-12,36H,13-14H2,1-2H3,(H2,29,35)(H,31,34)/t26-,27-/m0/s1. The molecule has 4 aromatic rings. The number of hydrogen-bond donors (Lipinski definition) is 3. The molecule has 0 saturated carbocycles. The van der Waals surface area contributed by atoms with Crippen molar-refractivity contribution in [3.8, 4) is 17.0 Å². The van der Waals surface area contributed by atoms with Gasteiger partial charge in [-0.05, 0) is 68.4 Å². The SMILES string of the molecule is C[C@](O)(CNC(=O)c1ccc2ncccc2n1)c1cc2c(c(-c3ccc(F)cc3)n1)OC[C@]2(C)C(N)=O. The van der Waals surface area contributed by atoms with Crippen molar-refractivity contribution in [2.75, 3.05) is 13.2 Å². The molecule has 9 nitrogen and oxygen atoms in total. The third-order valence-electron chi connectivity index (χ3n) is 6.57. The number of carbonyl (C=O) groups excluding carboxylic acids is 2. The minimum Gasteiger partial charge on any atom is -0.489 e. The molecule has 0 aliphatic carbocycles. The Morgan fingerprint density at radius 2 is 1.92 bits per heavy atom. The van der Waals surface area contributed by atoms with Gasteiger partial charge in [-0.1, -0.05) is 0 Å². The van der Waals surface area contributed by atoms with E-state index in [4.69, 9.17) is 10.5 Å². The number of aromatic nitrogens is 3. The number of aliphatic hydroxyl groups is 1. The second-order valence-corrected chi connectivity index (χ2v) is 9.42. The molecule has 0 radical (unpaired) electrons. The number of carbonyl (C=O) groups is 2. The van der Waals surface area contributed by atoms with Crippen LogP contribution in [0.15, 0.2) is 60.8 Å². The van der Waals surface area contributed by atoms with Gasteiger partial charge in [0.1, 0.15) is 40.6 Å². The molecule has 2 atom stereocenters. The van der Waals surface area contributed by atoms with Gasteiger partial charge in [0.25, 0.3) is 5.91 Å². The number of primary amides is 1. The van der Waals surface area contributed by atoms with Crippen LogP contribution in [-0.2, 0) is 15.8 Å². The zero-order valence-corrected chi connectivity index (χ0v) is 20.2. The second kappa shape index (κ2) is 8.90. The van der Waals surface area contributed by atoms with E-state index < -0.39 is 28.6 Å². The summed E-state index contributed by atoms with van der Waals surface area (Å²) in [5.74, 6) is -1.17. The van der Waals surface area contributed by atoms with Crippen LogP contribution in [0, 0.1) is 5.82 Å². The number of amides is 2. The summed E-state index contributed by atoms with van der Waals surface area (Å²) in [7, 11) is 0. The van der Waals surface area contributed by atoms with Crippen LogP contribution in [0.3, 0.4) is 0 Å². The quantitative estimate of drug-likeness (QED) is 0.369. The van der Waals surface area contributed by atoms with Crippen molar-refractivity contribution < 1.29 is 23.8 Å². The summed E-state index contributed by atoms with van der Waals surface area (Å²) in [5, 5.41) is 14.1. The fourth-order valence-corrected chi connectivity index (χ4v) is 4.18. The Bertz CT molecular complexity index is 1540. The molecular formula is C27H24FN5O4. The van der Waals surface area contributed by atoms with Crippen molar-refractivity contribution in [2.24, 2.45) is 5.73 Å². The Balaban J connectivity index is 1.49. The van der Waals surface area contributed by atoms with Gasteiger partial charge in [0.05, 0.1) is 23.3 Å². The molecular weight excluding hydrogens is 477 g/mol. The minimum absolute atomic E-state index is 0.00162. The van der Waals surface area contributed by atoms with Crippen molar-refractivity contribution in [2.45, 2.75) is 24.9 Å². The Kier molecular flexibility index (Phi) is 5.83. The fourth-order valence-electron chi connectivity index (χ4n) is 4.18. The summed E-state index contributed by atoms with van der Waals surface area (Å²) in [6.07, 6.45) is 1.64. The number of pyridine rings is 3. The maximum Gasteiger partial charge on any atom is 0.270 e. The number of hydrogen-bond acceptors (Lipinski definition) is 7. The van der Waals surface area contributed by atoms with Gasteiger partial charge >= 0.3 is 0 Å². The molecule has 37 heavy (non-hydrogen) atoms. The molecule has 4 N–H and O–H groups in total. The van der Waals surface area contributed by atoms with Gasteiger partial charge in [-0.25, -0.2) is 14.4 Å². The third kappa shape index (κ3) is 4.36. The Morgan fingerprint density at radius 1 is 1.16 bits per heavy atom. The average Bonchev–Trinajstić information content (AvgIpc) is 3.25. The molecule has 188 valence electrons. The first-order valence-corrected chi connectivity index (χ1v) is 11.6. The maximum atomic E-state index is 13.6. The monoisotopic (exact) mass is 501 g/mol. The van der Waals surface area contributed by atoms with Crippen molar-refractivity contribution >= 4 is 22.8 Å². The van der Waals surface area contributed by atoms with Crippen molar-refractivity contribution in [3.05, 3.63) is 83.6 Å². The lowest BCUT2D eigenvalue weighted by Gasteiger charge is -2.26.